The van der Waals surface area contributed by atoms with Crippen LogP contribution in [-0.4, -0.2) is 34.6 Å². The van der Waals surface area contributed by atoms with Gasteiger partial charge in [0.2, 0.25) is 0 Å². The van der Waals surface area contributed by atoms with Gasteiger partial charge in [-0.3, -0.25) is 4.79 Å². The highest BCUT2D eigenvalue weighted by molar-refractivity contribution is 5.96. The van der Waals surface area contributed by atoms with E-state index in [2.05, 4.69) is 0 Å². The number of furan rings is 1. The standard InChI is InChI=1S/C15H17NO3/c1-15(18)7-4-8-16(10-15)14(17)13-9-11-5-2-3-6-12(11)19-13/h2-3,5-6,9,18H,4,7-8,10H2,1H3. The molecule has 1 aromatic heterocycles. The van der Waals surface area contributed by atoms with Gasteiger partial charge in [-0.15, -0.1) is 0 Å². The van der Waals surface area contributed by atoms with Crippen molar-refractivity contribution in [3.63, 3.8) is 0 Å². The summed E-state index contributed by atoms with van der Waals surface area (Å²) in [4.78, 5) is 14.0. The van der Waals surface area contributed by atoms with Crippen molar-refractivity contribution in [2.75, 3.05) is 13.1 Å². The lowest BCUT2D eigenvalue weighted by Crippen LogP contribution is -2.48. The van der Waals surface area contributed by atoms with Crippen LogP contribution in [0.2, 0.25) is 0 Å². The number of hydrogen-bond acceptors (Lipinski definition) is 3. The maximum Gasteiger partial charge on any atom is 0.289 e. The van der Waals surface area contributed by atoms with Crippen LogP contribution in [-0.2, 0) is 0 Å². The number of nitrogens with zero attached hydrogens (tertiary/aromatic N) is 1. The van der Waals surface area contributed by atoms with Gasteiger partial charge in [-0.05, 0) is 31.9 Å². The highest BCUT2D eigenvalue weighted by atomic mass is 16.3. The monoisotopic (exact) mass is 259 g/mol. The summed E-state index contributed by atoms with van der Waals surface area (Å²) in [7, 11) is 0. The molecule has 19 heavy (non-hydrogen) atoms. The Morgan fingerprint density at radius 3 is 2.95 bits per heavy atom. The largest absolute Gasteiger partial charge is 0.451 e. The lowest BCUT2D eigenvalue weighted by Gasteiger charge is -2.36. The zero-order chi connectivity index (χ0) is 13.5. The first-order valence-electron chi connectivity index (χ1n) is 6.55. The fourth-order valence-corrected chi connectivity index (χ4v) is 2.64. The Bertz CT molecular complexity index is 582. The molecule has 1 aromatic carbocycles. The molecule has 0 spiro atoms. The van der Waals surface area contributed by atoms with Gasteiger partial charge >= 0.3 is 0 Å². The van der Waals surface area contributed by atoms with E-state index < -0.39 is 5.60 Å². The van der Waals surface area contributed by atoms with Gasteiger partial charge in [0.1, 0.15) is 5.58 Å². The summed E-state index contributed by atoms with van der Waals surface area (Å²) < 4.78 is 5.58. The topological polar surface area (TPSA) is 53.7 Å². The van der Waals surface area contributed by atoms with Crippen LogP contribution in [0.5, 0.6) is 0 Å². The third-order valence-electron chi connectivity index (χ3n) is 3.60. The predicted octanol–water partition coefficient (Wildman–Crippen LogP) is 2.42. The summed E-state index contributed by atoms with van der Waals surface area (Å²) in [5, 5.41) is 11.0. The minimum Gasteiger partial charge on any atom is -0.451 e. The molecule has 100 valence electrons. The number of hydrogen-bond donors (Lipinski definition) is 1. The van der Waals surface area contributed by atoms with Gasteiger partial charge in [0.25, 0.3) is 5.91 Å². The lowest BCUT2D eigenvalue weighted by atomic mass is 9.95. The number of carbonyl (C=O) groups is 1. The van der Waals surface area contributed by atoms with Crippen molar-refractivity contribution >= 4 is 16.9 Å². The van der Waals surface area contributed by atoms with Gasteiger partial charge in [-0.2, -0.15) is 0 Å². The maximum absolute atomic E-state index is 12.4. The van der Waals surface area contributed by atoms with Gasteiger partial charge in [0.05, 0.1) is 5.60 Å². The van der Waals surface area contributed by atoms with E-state index in [1.807, 2.05) is 24.3 Å². The van der Waals surface area contributed by atoms with E-state index in [0.29, 0.717) is 18.8 Å². The van der Waals surface area contributed by atoms with Crippen molar-refractivity contribution in [2.45, 2.75) is 25.4 Å². The molecule has 1 fully saturated rings. The third-order valence-corrected chi connectivity index (χ3v) is 3.60. The Kier molecular flexibility index (Phi) is 2.82. The Hall–Kier alpha value is -1.81. The summed E-state index contributed by atoms with van der Waals surface area (Å²) in [5.74, 6) is 0.204. The van der Waals surface area contributed by atoms with Crippen molar-refractivity contribution in [2.24, 2.45) is 0 Å². The number of β-amino-alcohol motifs (C(OH)–C–C–N with tert-alkyl or cyclic N) is 1. The van der Waals surface area contributed by atoms with Gasteiger partial charge in [-0.1, -0.05) is 18.2 Å². The van der Waals surface area contributed by atoms with Crippen molar-refractivity contribution in [3.05, 3.63) is 36.1 Å². The number of amides is 1. The van der Waals surface area contributed by atoms with Crippen LogP contribution >= 0.6 is 0 Å². The Labute approximate surface area is 111 Å². The van der Waals surface area contributed by atoms with Crippen LogP contribution < -0.4 is 0 Å². The Morgan fingerprint density at radius 1 is 1.42 bits per heavy atom. The van der Waals surface area contributed by atoms with Gasteiger partial charge < -0.3 is 14.4 Å². The number of piperidine rings is 1. The first-order valence-corrected chi connectivity index (χ1v) is 6.55. The average molecular weight is 259 g/mol. The minimum absolute atomic E-state index is 0.142. The van der Waals surface area contributed by atoms with E-state index in [-0.39, 0.29) is 5.91 Å². The second kappa shape index (κ2) is 4.38. The average Bonchev–Trinajstić information content (AvgIpc) is 2.80. The number of likely N-dealkylation sites (tertiary alicyclic amines) is 1. The first-order chi connectivity index (χ1) is 9.05. The molecule has 4 nitrogen and oxygen atoms in total. The van der Waals surface area contributed by atoms with Crippen molar-refractivity contribution in [3.8, 4) is 0 Å². The summed E-state index contributed by atoms with van der Waals surface area (Å²) in [5.41, 5.74) is -0.0745. The maximum atomic E-state index is 12.4. The van der Waals surface area contributed by atoms with Crippen molar-refractivity contribution in [1.29, 1.82) is 0 Å². The highest BCUT2D eigenvalue weighted by Crippen LogP contribution is 2.24. The molecule has 0 saturated carbocycles. The molecule has 3 rings (SSSR count). The molecule has 1 aliphatic heterocycles. The molecule has 0 aliphatic carbocycles. The Morgan fingerprint density at radius 2 is 2.21 bits per heavy atom. The van der Waals surface area contributed by atoms with Crippen molar-refractivity contribution in [1.82, 2.24) is 4.90 Å². The van der Waals surface area contributed by atoms with Crippen LogP contribution in [0.15, 0.2) is 34.7 Å². The zero-order valence-electron chi connectivity index (χ0n) is 10.9. The molecule has 4 heteroatoms. The first kappa shape index (κ1) is 12.2. The fourth-order valence-electron chi connectivity index (χ4n) is 2.64. The van der Waals surface area contributed by atoms with E-state index >= 15 is 0 Å². The van der Waals surface area contributed by atoms with Crippen LogP contribution in [0.25, 0.3) is 11.0 Å². The molecule has 1 amide bonds. The van der Waals surface area contributed by atoms with E-state index in [1.54, 1.807) is 17.9 Å². The van der Waals surface area contributed by atoms with Crippen LogP contribution in [0.1, 0.15) is 30.3 Å². The van der Waals surface area contributed by atoms with Gasteiger partial charge in [0, 0.05) is 18.5 Å². The third kappa shape index (κ3) is 2.36. The normalized spacial score (nSPS) is 23.8. The van der Waals surface area contributed by atoms with Gasteiger partial charge in [-0.25, -0.2) is 0 Å². The molecule has 0 bridgehead atoms. The number of benzene rings is 1. The van der Waals surface area contributed by atoms with E-state index in [1.165, 1.54) is 0 Å². The molecule has 1 saturated heterocycles. The number of para-hydroxylation sites is 1. The summed E-state index contributed by atoms with van der Waals surface area (Å²) in [6.07, 6.45) is 1.55. The van der Waals surface area contributed by atoms with E-state index in [0.717, 1.165) is 23.8 Å². The molecule has 0 radical (unpaired) electrons. The minimum atomic E-state index is -0.792. The molecule has 1 atom stereocenters. The summed E-state index contributed by atoms with van der Waals surface area (Å²) in [6.45, 7) is 2.81. The van der Waals surface area contributed by atoms with Crippen LogP contribution in [0.3, 0.4) is 0 Å². The summed E-state index contributed by atoms with van der Waals surface area (Å²) in [6, 6.07) is 9.32. The van der Waals surface area contributed by atoms with Crippen LogP contribution in [0, 0.1) is 0 Å². The van der Waals surface area contributed by atoms with Crippen LogP contribution in [0.4, 0.5) is 0 Å². The van der Waals surface area contributed by atoms with E-state index in [4.69, 9.17) is 4.42 Å². The molecule has 2 heterocycles. The SMILES string of the molecule is CC1(O)CCCN(C(=O)c2cc3ccccc3o2)C1. The summed E-state index contributed by atoms with van der Waals surface area (Å²) >= 11 is 0. The number of fused-ring (bicyclic) bond motifs is 1. The van der Waals surface area contributed by atoms with Crippen molar-refractivity contribution < 1.29 is 14.3 Å². The molecule has 1 aliphatic rings. The van der Waals surface area contributed by atoms with E-state index in [9.17, 15) is 9.90 Å². The second-order valence-electron chi connectivity index (χ2n) is 5.48. The predicted molar refractivity (Wildman–Crippen MR) is 72.0 cm³/mol. The highest BCUT2D eigenvalue weighted by Gasteiger charge is 2.32. The quantitative estimate of drug-likeness (QED) is 0.855. The molecule has 1 N–H and O–H groups in total. The second-order valence-corrected chi connectivity index (χ2v) is 5.48. The smallest absolute Gasteiger partial charge is 0.289 e. The number of carbonyl (C=O) groups excluding carboxylic acids is 1. The van der Waals surface area contributed by atoms with Gasteiger partial charge in [0.15, 0.2) is 5.76 Å². The zero-order valence-corrected chi connectivity index (χ0v) is 10.9. The molecule has 2 aromatic rings. The molecular weight excluding hydrogens is 242 g/mol. The molecular formula is C15H17NO3. The lowest BCUT2D eigenvalue weighted by molar-refractivity contribution is -0.0116. The Balaban J connectivity index is 1.87. The number of aliphatic hydroxyl groups is 1. The molecule has 1 unspecified atom stereocenters. The fraction of sp³-hybridized carbons (Fsp3) is 0.400. The number of rotatable bonds is 1.